The summed E-state index contributed by atoms with van der Waals surface area (Å²) >= 11 is 0. The van der Waals surface area contributed by atoms with Gasteiger partial charge in [0, 0.05) is 12.1 Å². The van der Waals surface area contributed by atoms with Gasteiger partial charge in [0.25, 0.3) is 0 Å². The molecule has 34 heavy (non-hydrogen) atoms. The summed E-state index contributed by atoms with van der Waals surface area (Å²) in [5.74, 6) is 2.12. The first-order valence-electron chi connectivity index (χ1n) is 12.2. The molecule has 174 valence electrons. The van der Waals surface area contributed by atoms with Crippen molar-refractivity contribution in [1.29, 1.82) is 10.5 Å². The Bertz CT molecular complexity index is 1040. The minimum atomic E-state index is 0.257. The van der Waals surface area contributed by atoms with E-state index in [-0.39, 0.29) is 11.1 Å². The van der Waals surface area contributed by atoms with Gasteiger partial charge in [0.1, 0.15) is 23.6 Å². The van der Waals surface area contributed by atoms with Crippen LogP contribution in [0.1, 0.15) is 74.6 Å². The van der Waals surface area contributed by atoms with E-state index in [9.17, 15) is 10.5 Å². The number of unbranched alkanes of at least 4 members (excludes halogenated alkanes) is 4. The second-order valence-corrected chi connectivity index (χ2v) is 8.47. The lowest BCUT2D eigenvalue weighted by atomic mass is 10.1. The zero-order valence-electron chi connectivity index (χ0n) is 20.1. The van der Waals surface area contributed by atoms with Crippen LogP contribution in [0.5, 0.6) is 23.0 Å². The maximum absolute atomic E-state index is 9.48. The molecule has 0 N–H and O–H groups in total. The third kappa shape index (κ3) is 7.12. The van der Waals surface area contributed by atoms with Crippen LogP contribution in [0.25, 0.3) is 0 Å². The van der Waals surface area contributed by atoms with Crippen molar-refractivity contribution in [3.8, 4) is 35.1 Å². The molecule has 0 saturated heterocycles. The second kappa shape index (κ2) is 13.1. The van der Waals surface area contributed by atoms with Crippen LogP contribution in [0.15, 0.2) is 60.7 Å². The summed E-state index contributed by atoms with van der Waals surface area (Å²) in [4.78, 5) is 0. The van der Waals surface area contributed by atoms with Crippen LogP contribution in [-0.2, 0) is 12.8 Å². The van der Waals surface area contributed by atoms with Gasteiger partial charge in [0.15, 0.2) is 11.5 Å². The average molecular weight is 453 g/mol. The smallest absolute Gasteiger partial charge is 0.171 e. The molecule has 3 aromatic rings. The molecule has 3 aromatic carbocycles. The van der Waals surface area contributed by atoms with Crippen molar-refractivity contribution in [3.05, 3.63) is 82.9 Å². The molecule has 0 saturated carbocycles. The number of ether oxygens (including phenoxy) is 2. The lowest BCUT2D eigenvalue weighted by Gasteiger charge is -2.14. The number of nitrogens with zero attached hydrogens (tertiary/aromatic N) is 2. The highest BCUT2D eigenvalue weighted by Gasteiger charge is 2.14. The Labute approximate surface area is 203 Å². The Morgan fingerprint density at radius 1 is 0.588 bits per heavy atom. The molecule has 0 aliphatic heterocycles. The summed E-state index contributed by atoms with van der Waals surface area (Å²) < 4.78 is 12.2. The summed E-state index contributed by atoms with van der Waals surface area (Å²) in [5, 5.41) is 19.0. The lowest BCUT2D eigenvalue weighted by Crippen LogP contribution is -1.95. The van der Waals surface area contributed by atoms with Gasteiger partial charge in [-0.25, -0.2) is 0 Å². The number of hydrogen-bond donors (Lipinski definition) is 0. The van der Waals surface area contributed by atoms with Crippen LogP contribution in [-0.4, -0.2) is 0 Å². The maximum atomic E-state index is 9.48. The van der Waals surface area contributed by atoms with Gasteiger partial charge in [-0.1, -0.05) is 63.8 Å². The topological polar surface area (TPSA) is 66.0 Å². The molecule has 0 heterocycles. The van der Waals surface area contributed by atoms with E-state index in [1.54, 1.807) is 12.1 Å². The average Bonchev–Trinajstić information content (AvgIpc) is 2.87. The summed E-state index contributed by atoms with van der Waals surface area (Å²) in [6.07, 6.45) is 9.29. The SMILES string of the molecule is CCCCCc1ccc(Oc2cc(C#N)c(C#N)cc2Oc2ccc(CCCCC)cc2)cc1. The number of nitriles is 2. The van der Waals surface area contributed by atoms with Gasteiger partial charge in [-0.3, -0.25) is 0 Å². The van der Waals surface area contributed by atoms with Crippen molar-refractivity contribution in [2.24, 2.45) is 0 Å². The highest BCUT2D eigenvalue weighted by Crippen LogP contribution is 2.37. The van der Waals surface area contributed by atoms with Crippen molar-refractivity contribution < 1.29 is 9.47 Å². The van der Waals surface area contributed by atoms with E-state index in [2.05, 4.69) is 50.3 Å². The zero-order valence-corrected chi connectivity index (χ0v) is 20.1. The molecule has 0 radical (unpaired) electrons. The first-order chi connectivity index (χ1) is 16.7. The molecule has 0 atom stereocenters. The van der Waals surface area contributed by atoms with E-state index in [1.807, 2.05) is 24.3 Å². The van der Waals surface area contributed by atoms with Crippen molar-refractivity contribution in [2.45, 2.75) is 65.2 Å². The highest BCUT2D eigenvalue weighted by atomic mass is 16.5. The minimum Gasteiger partial charge on any atom is -0.453 e. The van der Waals surface area contributed by atoms with Crippen LogP contribution in [0.3, 0.4) is 0 Å². The Morgan fingerprint density at radius 2 is 0.971 bits per heavy atom. The van der Waals surface area contributed by atoms with Gasteiger partial charge in [0.05, 0.1) is 11.1 Å². The quantitative estimate of drug-likeness (QED) is 0.258. The molecule has 0 bridgehead atoms. The van der Waals surface area contributed by atoms with Crippen molar-refractivity contribution in [3.63, 3.8) is 0 Å². The summed E-state index contributed by atoms with van der Waals surface area (Å²) in [7, 11) is 0. The van der Waals surface area contributed by atoms with Gasteiger partial charge in [-0.2, -0.15) is 10.5 Å². The first kappa shape index (κ1) is 24.9. The van der Waals surface area contributed by atoms with Crippen LogP contribution >= 0.6 is 0 Å². The predicted octanol–water partition coefficient (Wildman–Crippen LogP) is 8.48. The molecule has 4 heteroatoms. The van der Waals surface area contributed by atoms with E-state index in [0.717, 1.165) is 12.8 Å². The van der Waals surface area contributed by atoms with E-state index in [0.29, 0.717) is 23.0 Å². The minimum absolute atomic E-state index is 0.257. The fourth-order valence-corrected chi connectivity index (χ4v) is 3.76. The Kier molecular flexibility index (Phi) is 9.56. The van der Waals surface area contributed by atoms with Gasteiger partial charge >= 0.3 is 0 Å². The highest BCUT2D eigenvalue weighted by molar-refractivity contribution is 5.58. The molecule has 0 aromatic heterocycles. The molecule has 0 amide bonds. The van der Waals surface area contributed by atoms with Crippen LogP contribution in [0.2, 0.25) is 0 Å². The zero-order chi connectivity index (χ0) is 24.2. The Hall–Kier alpha value is -3.76. The molecule has 4 nitrogen and oxygen atoms in total. The lowest BCUT2D eigenvalue weighted by molar-refractivity contribution is 0.418. The molecule has 0 unspecified atom stereocenters. The second-order valence-electron chi connectivity index (χ2n) is 8.47. The molecular formula is C30H32N2O2. The number of benzene rings is 3. The third-order valence-electron chi connectivity index (χ3n) is 5.77. The van der Waals surface area contributed by atoms with Crippen LogP contribution < -0.4 is 9.47 Å². The van der Waals surface area contributed by atoms with Crippen LogP contribution in [0.4, 0.5) is 0 Å². The number of hydrogen-bond acceptors (Lipinski definition) is 4. The fourth-order valence-electron chi connectivity index (χ4n) is 3.76. The molecular weight excluding hydrogens is 420 g/mol. The van der Waals surface area contributed by atoms with Gasteiger partial charge in [0.2, 0.25) is 0 Å². The molecule has 0 fully saturated rings. The third-order valence-corrected chi connectivity index (χ3v) is 5.77. The summed E-state index contributed by atoms with van der Waals surface area (Å²) in [6, 6.07) is 23.3. The van der Waals surface area contributed by atoms with Crippen molar-refractivity contribution in [2.75, 3.05) is 0 Å². The molecule has 0 aliphatic carbocycles. The number of rotatable bonds is 12. The van der Waals surface area contributed by atoms with E-state index >= 15 is 0 Å². The Balaban J connectivity index is 1.80. The molecule has 0 spiro atoms. The normalized spacial score (nSPS) is 10.4. The van der Waals surface area contributed by atoms with Crippen molar-refractivity contribution in [1.82, 2.24) is 0 Å². The summed E-state index contributed by atoms with van der Waals surface area (Å²) in [5.41, 5.74) is 3.06. The van der Waals surface area contributed by atoms with Gasteiger partial charge in [-0.05, 0) is 61.1 Å². The molecule has 3 rings (SSSR count). The van der Waals surface area contributed by atoms with E-state index < -0.39 is 0 Å². The monoisotopic (exact) mass is 452 g/mol. The first-order valence-corrected chi connectivity index (χ1v) is 12.2. The number of aryl methyl sites for hydroxylation is 2. The molecule has 0 aliphatic rings. The largest absolute Gasteiger partial charge is 0.453 e. The standard InChI is InChI=1S/C30H32N2O2/c1-3-5-7-9-23-11-15-27(16-12-23)33-29-19-25(21-31)26(22-32)20-30(29)34-28-17-13-24(14-18-28)10-8-6-4-2/h11-20H,3-10H2,1-2H3. The predicted molar refractivity (Wildman–Crippen MR) is 135 cm³/mol. The van der Waals surface area contributed by atoms with Gasteiger partial charge < -0.3 is 9.47 Å². The van der Waals surface area contributed by atoms with Crippen molar-refractivity contribution >= 4 is 0 Å². The Morgan fingerprint density at radius 3 is 1.29 bits per heavy atom. The van der Waals surface area contributed by atoms with E-state index in [4.69, 9.17) is 9.47 Å². The van der Waals surface area contributed by atoms with Gasteiger partial charge in [-0.15, -0.1) is 0 Å². The fraction of sp³-hybridized carbons (Fsp3) is 0.333. The summed E-state index contributed by atoms with van der Waals surface area (Å²) in [6.45, 7) is 4.40. The van der Waals surface area contributed by atoms with E-state index in [1.165, 1.54) is 49.7 Å². The van der Waals surface area contributed by atoms with Crippen LogP contribution in [0, 0.1) is 22.7 Å². The maximum Gasteiger partial charge on any atom is 0.171 e.